The van der Waals surface area contributed by atoms with Crippen LogP contribution in [0.3, 0.4) is 0 Å². The van der Waals surface area contributed by atoms with Crippen LogP contribution in [0, 0.1) is 0 Å². The summed E-state index contributed by atoms with van der Waals surface area (Å²) in [7, 11) is -4.45. The van der Waals surface area contributed by atoms with Crippen molar-refractivity contribution in [1.82, 2.24) is 0 Å². The van der Waals surface area contributed by atoms with Crippen LogP contribution in [0.25, 0.3) is 0 Å². The van der Waals surface area contributed by atoms with Gasteiger partial charge in [0.15, 0.2) is 9.84 Å². The first-order valence-electron chi connectivity index (χ1n) is 5.05. The molecule has 0 radical (unpaired) electrons. The molecule has 1 aromatic carbocycles. The molecular formula is C10H12ClNO3S2. The van der Waals surface area contributed by atoms with E-state index in [9.17, 15) is 12.6 Å². The summed E-state index contributed by atoms with van der Waals surface area (Å²) in [6.07, 6.45) is 0.418. The third-order valence-electron chi connectivity index (χ3n) is 2.69. The van der Waals surface area contributed by atoms with Crippen LogP contribution in [0.1, 0.15) is 6.42 Å². The minimum Gasteiger partial charge on any atom is -0.398 e. The van der Waals surface area contributed by atoms with Gasteiger partial charge in [-0.15, -0.1) is 0 Å². The molecule has 1 fully saturated rings. The maximum Gasteiger partial charge on any atom is 0.151 e. The summed E-state index contributed by atoms with van der Waals surface area (Å²) >= 11 is 5.82. The van der Waals surface area contributed by atoms with Crippen LogP contribution in [-0.4, -0.2) is 29.4 Å². The Balaban J connectivity index is 2.29. The zero-order valence-electron chi connectivity index (χ0n) is 8.93. The summed E-state index contributed by atoms with van der Waals surface area (Å²) in [6, 6.07) is 4.74. The molecule has 0 bridgehead atoms. The molecule has 94 valence electrons. The van der Waals surface area contributed by atoms with E-state index in [-0.39, 0.29) is 16.8 Å². The lowest BCUT2D eigenvalue weighted by Crippen LogP contribution is -2.17. The van der Waals surface area contributed by atoms with Crippen molar-refractivity contribution in [1.29, 1.82) is 0 Å². The molecule has 0 aromatic heterocycles. The van der Waals surface area contributed by atoms with E-state index in [2.05, 4.69) is 0 Å². The van der Waals surface area contributed by atoms with Gasteiger partial charge in [-0.2, -0.15) is 0 Å². The maximum atomic E-state index is 12.2. The van der Waals surface area contributed by atoms with Gasteiger partial charge in [0.05, 0.1) is 32.5 Å². The molecule has 1 saturated heterocycles. The maximum absolute atomic E-state index is 12.2. The lowest BCUT2D eigenvalue weighted by atomic mass is 10.3. The minimum atomic E-state index is -3.04. The second-order valence-electron chi connectivity index (χ2n) is 4.00. The normalized spacial score (nSPS) is 24.6. The molecule has 0 amide bonds. The Morgan fingerprint density at radius 1 is 1.41 bits per heavy atom. The summed E-state index contributed by atoms with van der Waals surface area (Å²) in [5, 5.41) is 0.0733. The number of rotatable bonds is 2. The summed E-state index contributed by atoms with van der Waals surface area (Å²) < 4.78 is 34.9. The third kappa shape index (κ3) is 2.81. The fraction of sp³-hybridized carbons (Fsp3) is 0.400. The number of halogens is 1. The highest BCUT2D eigenvalue weighted by atomic mass is 35.5. The molecule has 2 rings (SSSR count). The highest BCUT2D eigenvalue weighted by molar-refractivity contribution is 7.94. The first kappa shape index (κ1) is 12.9. The Hall–Kier alpha value is -0.590. The molecule has 0 spiro atoms. The van der Waals surface area contributed by atoms with Crippen molar-refractivity contribution in [3.05, 3.63) is 23.2 Å². The molecule has 1 aliphatic rings. The monoisotopic (exact) mass is 293 g/mol. The molecule has 2 atom stereocenters. The number of anilines is 1. The second-order valence-corrected chi connectivity index (χ2v) is 8.37. The van der Waals surface area contributed by atoms with Crippen LogP contribution in [0.4, 0.5) is 5.69 Å². The van der Waals surface area contributed by atoms with E-state index in [1.165, 1.54) is 6.07 Å². The fourth-order valence-electron chi connectivity index (χ4n) is 1.79. The van der Waals surface area contributed by atoms with Crippen LogP contribution in [0.5, 0.6) is 0 Å². The van der Waals surface area contributed by atoms with Crippen LogP contribution in [-0.2, 0) is 20.6 Å². The topological polar surface area (TPSA) is 77.2 Å². The molecule has 1 aliphatic heterocycles. The van der Waals surface area contributed by atoms with Crippen molar-refractivity contribution in [3.63, 3.8) is 0 Å². The SMILES string of the molecule is Nc1ccc(Cl)cc1S(=O)C1CCS(=O)(=O)C1. The highest BCUT2D eigenvalue weighted by Crippen LogP contribution is 2.27. The Morgan fingerprint density at radius 3 is 2.71 bits per heavy atom. The Bertz CT molecular complexity index is 571. The molecule has 0 saturated carbocycles. The van der Waals surface area contributed by atoms with Crippen molar-refractivity contribution < 1.29 is 12.6 Å². The standard InChI is InChI=1S/C10H12ClNO3S2/c11-7-1-2-9(12)10(5-7)16(13)8-3-4-17(14,15)6-8/h1-2,5,8H,3-4,6,12H2. The van der Waals surface area contributed by atoms with Crippen LogP contribution >= 0.6 is 11.6 Å². The van der Waals surface area contributed by atoms with Gasteiger partial charge in [0.25, 0.3) is 0 Å². The van der Waals surface area contributed by atoms with Crippen molar-refractivity contribution in [2.75, 3.05) is 17.2 Å². The van der Waals surface area contributed by atoms with Crippen LogP contribution in [0.2, 0.25) is 5.02 Å². The van der Waals surface area contributed by atoms with Gasteiger partial charge in [-0.3, -0.25) is 4.21 Å². The molecule has 1 heterocycles. The minimum absolute atomic E-state index is 0.0361. The molecule has 4 nitrogen and oxygen atoms in total. The summed E-state index contributed by atoms with van der Waals surface area (Å²) in [6.45, 7) is 0. The highest BCUT2D eigenvalue weighted by Gasteiger charge is 2.33. The molecule has 2 unspecified atom stereocenters. The van der Waals surface area contributed by atoms with E-state index in [0.717, 1.165) is 0 Å². The van der Waals surface area contributed by atoms with Gasteiger partial charge in [0, 0.05) is 10.7 Å². The van der Waals surface area contributed by atoms with Gasteiger partial charge in [-0.05, 0) is 24.6 Å². The fourth-order valence-corrected chi connectivity index (χ4v) is 6.07. The molecule has 0 aliphatic carbocycles. The number of nitrogens with two attached hydrogens (primary N) is 1. The van der Waals surface area contributed by atoms with Gasteiger partial charge in [0.1, 0.15) is 0 Å². The Labute approximate surface area is 108 Å². The van der Waals surface area contributed by atoms with E-state index >= 15 is 0 Å². The molecule has 17 heavy (non-hydrogen) atoms. The molecule has 1 aromatic rings. The van der Waals surface area contributed by atoms with E-state index in [0.29, 0.717) is 22.0 Å². The average molecular weight is 294 g/mol. The second kappa shape index (κ2) is 4.59. The zero-order chi connectivity index (χ0) is 12.6. The Morgan fingerprint density at radius 2 is 2.12 bits per heavy atom. The van der Waals surface area contributed by atoms with Crippen molar-refractivity contribution in [2.24, 2.45) is 0 Å². The Kier molecular flexibility index (Phi) is 3.47. The molecule has 2 N–H and O–H groups in total. The van der Waals surface area contributed by atoms with Crippen molar-refractivity contribution >= 4 is 37.9 Å². The van der Waals surface area contributed by atoms with Crippen LogP contribution in [0.15, 0.2) is 23.1 Å². The molecular weight excluding hydrogens is 282 g/mol. The predicted octanol–water partition coefficient (Wildman–Crippen LogP) is 1.22. The van der Waals surface area contributed by atoms with Crippen molar-refractivity contribution in [2.45, 2.75) is 16.6 Å². The zero-order valence-corrected chi connectivity index (χ0v) is 11.3. The number of hydrogen-bond acceptors (Lipinski definition) is 4. The number of benzene rings is 1. The quantitative estimate of drug-likeness (QED) is 0.832. The lowest BCUT2D eigenvalue weighted by molar-refractivity contribution is 0.602. The van der Waals surface area contributed by atoms with Gasteiger partial charge < -0.3 is 5.73 Å². The summed E-state index contributed by atoms with van der Waals surface area (Å²) in [4.78, 5) is 0.430. The van der Waals surface area contributed by atoms with E-state index in [1.807, 2.05) is 0 Å². The number of nitrogen functional groups attached to an aromatic ring is 1. The summed E-state index contributed by atoms with van der Waals surface area (Å²) in [5.41, 5.74) is 6.11. The first-order chi connectivity index (χ1) is 7.89. The third-order valence-corrected chi connectivity index (χ3v) is 6.69. The van der Waals surface area contributed by atoms with E-state index in [1.54, 1.807) is 12.1 Å². The van der Waals surface area contributed by atoms with E-state index in [4.69, 9.17) is 17.3 Å². The van der Waals surface area contributed by atoms with Gasteiger partial charge in [-0.1, -0.05) is 11.6 Å². The molecule has 7 heteroatoms. The lowest BCUT2D eigenvalue weighted by Gasteiger charge is -2.10. The number of hydrogen-bond donors (Lipinski definition) is 1. The van der Waals surface area contributed by atoms with E-state index < -0.39 is 20.6 Å². The smallest absolute Gasteiger partial charge is 0.151 e. The van der Waals surface area contributed by atoms with Gasteiger partial charge in [0.2, 0.25) is 0 Å². The largest absolute Gasteiger partial charge is 0.398 e. The van der Waals surface area contributed by atoms with Gasteiger partial charge in [-0.25, -0.2) is 8.42 Å². The summed E-state index contributed by atoms with van der Waals surface area (Å²) in [5.74, 6) is 0.0649. The van der Waals surface area contributed by atoms with Gasteiger partial charge >= 0.3 is 0 Å². The predicted molar refractivity (Wildman–Crippen MR) is 69.3 cm³/mol. The van der Waals surface area contributed by atoms with Crippen LogP contribution < -0.4 is 5.73 Å². The first-order valence-corrected chi connectivity index (χ1v) is 8.46. The number of sulfone groups is 1. The average Bonchev–Trinajstić information content (AvgIpc) is 2.61. The van der Waals surface area contributed by atoms with Crippen molar-refractivity contribution in [3.8, 4) is 0 Å².